The molecule has 2 aromatic rings. The van der Waals surface area contributed by atoms with Crippen LogP contribution in [0.4, 0.5) is 0 Å². The third kappa shape index (κ3) is 2.51. The van der Waals surface area contributed by atoms with Crippen LogP contribution in [-0.2, 0) is 6.54 Å². The standard InChI is InChI=1S/C14H12BrNO4/c1-8-4-12(15)20-13(8)14(17)16-6-9-2-3-10-11(5-9)19-7-18-10/h2-5H,6-7H2,1H3,(H,16,17). The monoisotopic (exact) mass is 337 g/mol. The van der Waals surface area contributed by atoms with E-state index in [-0.39, 0.29) is 12.7 Å². The van der Waals surface area contributed by atoms with Crippen LogP contribution in [0.25, 0.3) is 0 Å². The van der Waals surface area contributed by atoms with Gasteiger partial charge in [-0.15, -0.1) is 0 Å². The summed E-state index contributed by atoms with van der Waals surface area (Å²) in [6, 6.07) is 7.33. The van der Waals surface area contributed by atoms with E-state index in [9.17, 15) is 4.79 Å². The number of carbonyl (C=O) groups excluding carboxylic acids is 1. The lowest BCUT2D eigenvalue weighted by molar-refractivity contribution is 0.0921. The number of halogens is 1. The number of hydrogen-bond donors (Lipinski definition) is 1. The number of aryl methyl sites for hydroxylation is 1. The topological polar surface area (TPSA) is 60.7 Å². The van der Waals surface area contributed by atoms with Crippen molar-refractivity contribution in [2.75, 3.05) is 6.79 Å². The zero-order valence-electron chi connectivity index (χ0n) is 10.7. The van der Waals surface area contributed by atoms with Crippen LogP contribution in [0.15, 0.2) is 33.4 Å². The molecule has 104 valence electrons. The molecule has 3 rings (SSSR count). The molecule has 0 radical (unpaired) electrons. The van der Waals surface area contributed by atoms with Crippen molar-refractivity contribution in [3.63, 3.8) is 0 Å². The minimum atomic E-state index is -0.245. The fourth-order valence-electron chi connectivity index (χ4n) is 1.98. The molecule has 0 saturated heterocycles. The van der Waals surface area contributed by atoms with Crippen molar-refractivity contribution < 1.29 is 18.7 Å². The molecule has 1 N–H and O–H groups in total. The van der Waals surface area contributed by atoms with Crippen molar-refractivity contribution in [1.82, 2.24) is 5.32 Å². The lowest BCUT2D eigenvalue weighted by Gasteiger charge is -2.05. The summed E-state index contributed by atoms with van der Waals surface area (Å²) in [6.45, 7) is 2.46. The first-order valence-electron chi connectivity index (χ1n) is 6.06. The highest BCUT2D eigenvalue weighted by Gasteiger charge is 2.16. The van der Waals surface area contributed by atoms with Gasteiger partial charge in [-0.2, -0.15) is 0 Å². The molecule has 20 heavy (non-hydrogen) atoms. The van der Waals surface area contributed by atoms with Gasteiger partial charge in [0, 0.05) is 12.1 Å². The molecule has 2 heterocycles. The molecular formula is C14H12BrNO4. The van der Waals surface area contributed by atoms with E-state index >= 15 is 0 Å². The smallest absolute Gasteiger partial charge is 0.287 e. The van der Waals surface area contributed by atoms with E-state index in [0.29, 0.717) is 22.7 Å². The van der Waals surface area contributed by atoms with Gasteiger partial charge in [0.1, 0.15) is 0 Å². The summed E-state index contributed by atoms with van der Waals surface area (Å²) >= 11 is 3.20. The van der Waals surface area contributed by atoms with E-state index in [1.807, 2.05) is 25.1 Å². The Morgan fingerprint density at radius 3 is 2.85 bits per heavy atom. The predicted molar refractivity (Wildman–Crippen MR) is 74.9 cm³/mol. The molecule has 0 saturated carbocycles. The van der Waals surface area contributed by atoms with Gasteiger partial charge in [-0.05, 0) is 46.6 Å². The lowest BCUT2D eigenvalue weighted by atomic mass is 10.2. The van der Waals surface area contributed by atoms with Gasteiger partial charge < -0.3 is 19.2 Å². The molecule has 1 amide bonds. The summed E-state index contributed by atoms with van der Waals surface area (Å²) in [5.41, 5.74) is 1.73. The van der Waals surface area contributed by atoms with E-state index in [1.165, 1.54) is 0 Å². The summed E-state index contributed by atoms with van der Waals surface area (Å²) in [5, 5.41) is 2.81. The van der Waals surface area contributed by atoms with E-state index in [1.54, 1.807) is 6.07 Å². The van der Waals surface area contributed by atoms with Crippen molar-refractivity contribution in [2.24, 2.45) is 0 Å². The Hall–Kier alpha value is -1.95. The summed E-state index contributed by atoms with van der Waals surface area (Å²) in [7, 11) is 0. The van der Waals surface area contributed by atoms with Crippen molar-refractivity contribution in [3.05, 3.63) is 45.8 Å². The first-order chi connectivity index (χ1) is 9.63. The highest BCUT2D eigenvalue weighted by molar-refractivity contribution is 9.10. The number of furan rings is 1. The van der Waals surface area contributed by atoms with Gasteiger partial charge in [0.2, 0.25) is 6.79 Å². The van der Waals surface area contributed by atoms with Gasteiger partial charge in [-0.1, -0.05) is 6.07 Å². The molecule has 0 unspecified atom stereocenters. The molecule has 6 heteroatoms. The lowest BCUT2D eigenvalue weighted by Crippen LogP contribution is -2.22. The average molecular weight is 338 g/mol. The number of fused-ring (bicyclic) bond motifs is 1. The number of ether oxygens (including phenoxy) is 2. The predicted octanol–water partition coefficient (Wildman–Crippen LogP) is 3.01. The van der Waals surface area contributed by atoms with Crippen LogP contribution in [0.5, 0.6) is 11.5 Å². The second-order valence-electron chi connectivity index (χ2n) is 4.43. The second kappa shape index (κ2) is 5.20. The van der Waals surface area contributed by atoms with Crippen molar-refractivity contribution >= 4 is 21.8 Å². The number of nitrogens with one attached hydrogen (secondary N) is 1. The zero-order valence-corrected chi connectivity index (χ0v) is 12.3. The Morgan fingerprint density at radius 2 is 2.10 bits per heavy atom. The van der Waals surface area contributed by atoms with Crippen LogP contribution in [-0.4, -0.2) is 12.7 Å². The van der Waals surface area contributed by atoms with Crippen LogP contribution in [0, 0.1) is 6.92 Å². The number of hydrogen-bond acceptors (Lipinski definition) is 4. The first kappa shape index (κ1) is 13.1. The summed E-state index contributed by atoms with van der Waals surface area (Å²) < 4.78 is 16.4. The van der Waals surface area contributed by atoms with Gasteiger partial charge >= 0.3 is 0 Å². The third-order valence-corrected chi connectivity index (χ3v) is 3.37. The minimum absolute atomic E-state index is 0.241. The fraction of sp³-hybridized carbons (Fsp3) is 0.214. The Labute approximate surface area is 124 Å². The first-order valence-corrected chi connectivity index (χ1v) is 6.85. The fourth-order valence-corrected chi connectivity index (χ4v) is 2.49. The molecule has 0 bridgehead atoms. The second-order valence-corrected chi connectivity index (χ2v) is 5.21. The molecule has 0 fully saturated rings. The third-order valence-electron chi connectivity index (χ3n) is 2.98. The van der Waals surface area contributed by atoms with E-state index < -0.39 is 0 Å². The normalized spacial score (nSPS) is 12.5. The average Bonchev–Trinajstić information content (AvgIpc) is 3.01. The molecule has 1 aromatic carbocycles. The van der Waals surface area contributed by atoms with Gasteiger partial charge in [-0.3, -0.25) is 4.79 Å². The SMILES string of the molecule is Cc1cc(Br)oc1C(=O)NCc1ccc2c(c1)OCO2. The number of rotatable bonds is 3. The van der Waals surface area contributed by atoms with Crippen LogP contribution < -0.4 is 14.8 Å². The Kier molecular flexibility index (Phi) is 3.40. The van der Waals surface area contributed by atoms with E-state index in [0.717, 1.165) is 16.9 Å². The van der Waals surface area contributed by atoms with Crippen molar-refractivity contribution in [2.45, 2.75) is 13.5 Å². The molecule has 0 spiro atoms. The Bertz CT molecular complexity index is 665. The van der Waals surface area contributed by atoms with Crippen molar-refractivity contribution in [1.29, 1.82) is 0 Å². The van der Waals surface area contributed by atoms with Gasteiger partial charge in [0.05, 0.1) is 0 Å². The molecule has 0 aliphatic carbocycles. The molecule has 1 aliphatic heterocycles. The summed E-state index contributed by atoms with van der Waals surface area (Å²) in [5.74, 6) is 1.50. The largest absolute Gasteiger partial charge is 0.454 e. The summed E-state index contributed by atoms with van der Waals surface area (Å²) in [4.78, 5) is 12.0. The molecule has 0 atom stereocenters. The quantitative estimate of drug-likeness (QED) is 0.935. The van der Waals surface area contributed by atoms with Crippen LogP contribution in [0.2, 0.25) is 0 Å². The highest BCUT2D eigenvalue weighted by atomic mass is 79.9. The van der Waals surface area contributed by atoms with Gasteiger partial charge in [0.25, 0.3) is 5.91 Å². The maximum absolute atomic E-state index is 12.0. The molecule has 1 aliphatic rings. The van der Waals surface area contributed by atoms with Crippen LogP contribution in [0.1, 0.15) is 21.7 Å². The van der Waals surface area contributed by atoms with E-state index in [4.69, 9.17) is 13.9 Å². The Morgan fingerprint density at radius 1 is 1.30 bits per heavy atom. The number of amides is 1. The Balaban J connectivity index is 1.67. The maximum atomic E-state index is 12.0. The molecule has 5 nitrogen and oxygen atoms in total. The van der Waals surface area contributed by atoms with Gasteiger partial charge in [0.15, 0.2) is 21.9 Å². The zero-order chi connectivity index (χ0) is 14.1. The minimum Gasteiger partial charge on any atom is -0.454 e. The van der Waals surface area contributed by atoms with Crippen LogP contribution in [0.3, 0.4) is 0 Å². The van der Waals surface area contributed by atoms with Gasteiger partial charge in [-0.25, -0.2) is 0 Å². The number of carbonyl (C=O) groups is 1. The molecular weight excluding hydrogens is 326 g/mol. The van der Waals surface area contributed by atoms with E-state index in [2.05, 4.69) is 21.2 Å². The number of benzene rings is 1. The highest BCUT2D eigenvalue weighted by Crippen LogP contribution is 2.32. The molecule has 1 aromatic heterocycles. The van der Waals surface area contributed by atoms with Crippen LogP contribution >= 0.6 is 15.9 Å². The van der Waals surface area contributed by atoms with Crippen molar-refractivity contribution in [3.8, 4) is 11.5 Å². The summed E-state index contributed by atoms with van der Waals surface area (Å²) in [6.07, 6.45) is 0. The maximum Gasteiger partial charge on any atom is 0.287 e.